The third-order valence-electron chi connectivity index (χ3n) is 0.436. The maximum absolute atomic E-state index is 11.7. The summed E-state index contributed by atoms with van der Waals surface area (Å²) >= 11 is 0. The Morgan fingerprint density at radius 3 is 1.71 bits per heavy atom. The molecule has 0 atom stereocenters. The molecule has 7 heavy (non-hydrogen) atoms. The van der Waals surface area contributed by atoms with Gasteiger partial charge in [0.2, 0.25) is 10.9 Å². The molecule has 5 heteroatoms. The lowest BCUT2D eigenvalue weighted by molar-refractivity contribution is 0.275. The summed E-state index contributed by atoms with van der Waals surface area (Å²) in [5.41, 5.74) is 0. The molecule has 0 spiro atoms. The van der Waals surface area contributed by atoms with E-state index in [4.69, 9.17) is 0 Å². The first-order chi connectivity index (χ1) is 3.12. The van der Waals surface area contributed by atoms with Crippen LogP contribution in [-0.2, 0) is 19.2 Å². The summed E-state index contributed by atoms with van der Waals surface area (Å²) in [7, 11) is -2.20. The van der Waals surface area contributed by atoms with Crippen LogP contribution in [-0.4, -0.2) is 18.4 Å². The maximum atomic E-state index is 11.7. The van der Waals surface area contributed by atoms with E-state index in [9.17, 15) is 8.09 Å². The zero-order valence-electron chi connectivity index (χ0n) is 4.05. The van der Waals surface area contributed by atoms with Crippen molar-refractivity contribution in [3.8, 4) is 0 Å². The van der Waals surface area contributed by atoms with Crippen LogP contribution in [0.15, 0.2) is 0 Å². The van der Waals surface area contributed by atoms with Crippen molar-refractivity contribution in [2.75, 3.05) is 14.2 Å². The largest absolute Gasteiger partial charge is 0.275 e. The van der Waals surface area contributed by atoms with Gasteiger partial charge in [-0.3, -0.25) is 8.37 Å². The molecule has 0 aliphatic heterocycles. The number of hydrogen-bond acceptors (Lipinski definition) is 3. The third kappa shape index (κ3) is 2.67. The van der Waals surface area contributed by atoms with Crippen LogP contribution in [0.2, 0.25) is 0 Å². The molecule has 0 unspecified atom stereocenters. The van der Waals surface area contributed by atoms with Gasteiger partial charge in [0.05, 0.1) is 14.2 Å². The summed E-state index contributed by atoms with van der Waals surface area (Å²) in [6.45, 7) is 0. The Hall–Kier alpha value is -0.0000000000000000208. The predicted molar refractivity (Wildman–Crippen MR) is 24.7 cm³/mol. The van der Waals surface area contributed by atoms with Gasteiger partial charge < -0.3 is 0 Å². The smallest absolute Gasteiger partial charge is 0.218 e. The van der Waals surface area contributed by atoms with Gasteiger partial charge >= 0.3 is 0 Å². The van der Waals surface area contributed by atoms with Crippen molar-refractivity contribution in [2.24, 2.45) is 0 Å². The van der Waals surface area contributed by atoms with E-state index >= 15 is 0 Å². The molecule has 3 nitrogen and oxygen atoms in total. The first kappa shape index (κ1) is 7.00. The zero-order chi connectivity index (χ0) is 5.91. The van der Waals surface area contributed by atoms with E-state index in [2.05, 4.69) is 8.37 Å². The van der Waals surface area contributed by atoms with Crippen LogP contribution in [0.3, 0.4) is 0 Å². The first-order valence-corrected chi connectivity index (χ1v) is 2.97. The van der Waals surface area contributed by atoms with Crippen molar-refractivity contribution in [3.05, 3.63) is 0 Å². The lowest BCUT2D eigenvalue weighted by atomic mass is 11.8. The van der Waals surface area contributed by atoms with Crippen LogP contribution in [0.5, 0.6) is 0 Å². The fraction of sp³-hybridized carbons (Fsp3) is 1.00. The maximum Gasteiger partial charge on any atom is 0.218 e. The quantitative estimate of drug-likeness (QED) is 0.422. The van der Waals surface area contributed by atoms with Crippen molar-refractivity contribution in [1.29, 1.82) is 0 Å². The topological polar surface area (TPSA) is 35.5 Å². The molecule has 0 aliphatic rings. The van der Waals surface area contributed by atoms with Gasteiger partial charge in [-0.1, -0.05) is 0 Å². The average molecular weight is 130 g/mol. The lowest BCUT2D eigenvalue weighted by Crippen LogP contribution is -2.06. The molecular weight excluding hydrogens is 123 g/mol. The van der Waals surface area contributed by atoms with Gasteiger partial charge in [0.25, 0.3) is 0 Å². The second-order valence-corrected chi connectivity index (χ2v) is 2.39. The van der Waals surface area contributed by atoms with E-state index in [1.807, 2.05) is 0 Å². The highest BCUT2D eigenvalue weighted by atomic mass is 32.3. The standard InChI is InChI=1S/C2H7FO3S/c1-5-7(3,4)6-2/h7H,1-2H3. The minimum atomic E-state index is -4.15. The molecule has 0 aromatic carbocycles. The predicted octanol–water partition coefficient (Wildman–Crippen LogP) is 0.0104. The molecule has 0 N–H and O–H groups in total. The van der Waals surface area contributed by atoms with Crippen LogP contribution in [0.4, 0.5) is 3.89 Å². The number of thiol groups is 1. The number of rotatable bonds is 2. The highest BCUT2D eigenvalue weighted by molar-refractivity contribution is 7.89. The molecule has 0 aromatic heterocycles. The van der Waals surface area contributed by atoms with Crippen molar-refractivity contribution in [2.45, 2.75) is 0 Å². The first-order valence-electron chi connectivity index (χ1n) is 1.53. The third-order valence-corrected chi connectivity index (χ3v) is 1.31. The SMILES string of the molecule is CO[SH](=O)(F)OC. The Labute approximate surface area is 42.6 Å². The number of halogens is 1. The average Bonchev–Trinajstić information content (AvgIpc) is 1.68. The molecule has 0 heterocycles. The Bertz CT molecular complexity index is 84.9. The summed E-state index contributed by atoms with van der Waals surface area (Å²) in [5, 5.41) is 0. The normalized spacial score (nSPS) is 14.1. The zero-order valence-corrected chi connectivity index (χ0v) is 4.94. The van der Waals surface area contributed by atoms with E-state index in [1.54, 1.807) is 0 Å². The van der Waals surface area contributed by atoms with E-state index in [-0.39, 0.29) is 0 Å². The summed E-state index contributed by atoms with van der Waals surface area (Å²) in [6, 6.07) is 0. The van der Waals surface area contributed by atoms with Crippen LogP contribution >= 0.6 is 0 Å². The fourth-order valence-electron chi connectivity index (χ4n) is 0.0745. The molecule has 0 saturated heterocycles. The molecule has 46 valence electrons. The Morgan fingerprint density at radius 2 is 1.71 bits per heavy atom. The summed E-state index contributed by atoms with van der Waals surface area (Å²) in [6.07, 6.45) is 0. The molecule has 0 bridgehead atoms. The van der Waals surface area contributed by atoms with Gasteiger partial charge in [0.1, 0.15) is 0 Å². The van der Waals surface area contributed by atoms with Crippen molar-refractivity contribution < 1.29 is 16.5 Å². The summed E-state index contributed by atoms with van der Waals surface area (Å²) in [4.78, 5) is 0. The van der Waals surface area contributed by atoms with Gasteiger partial charge in [-0.05, 0) is 0 Å². The van der Waals surface area contributed by atoms with Gasteiger partial charge in [-0.2, -0.15) is 0 Å². The highest BCUT2D eigenvalue weighted by Gasteiger charge is 2.03. The molecule has 0 radical (unpaired) electrons. The fourth-order valence-corrected chi connectivity index (χ4v) is 0.224. The van der Waals surface area contributed by atoms with Crippen LogP contribution in [0.1, 0.15) is 0 Å². The highest BCUT2D eigenvalue weighted by Crippen LogP contribution is 2.04. The van der Waals surface area contributed by atoms with Crippen LogP contribution in [0, 0.1) is 0 Å². The van der Waals surface area contributed by atoms with Gasteiger partial charge in [-0.15, -0.1) is 3.89 Å². The summed E-state index contributed by atoms with van der Waals surface area (Å²) in [5.74, 6) is 0. The van der Waals surface area contributed by atoms with E-state index in [0.29, 0.717) is 0 Å². The minimum Gasteiger partial charge on any atom is -0.275 e. The van der Waals surface area contributed by atoms with Crippen molar-refractivity contribution in [1.82, 2.24) is 0 Å². The molecule has 0 fully saturated rings. The van der Waals surface area contributed by atoms with Crippen molar-refractivity contribution in [3.63, 3.8) is 0 Å². The Kier molecular flexibility index (Phi) is 2.34. The van der Waals surface area contributed by atoms with Crippen LogP contribution < -0.4 is 0 Å². The number of hydrogen-bond donors (Lipinski definition) is 1. The van der Waals surface area contributed by atoms with E-state index in [0.717, 1.165) is 14.2 Å². The minimum absolute atomic E-state index is 0.976. The Morgan fingerprint density at radius 1 is 1.43 bits per heavy atom. The monoisotopic (exact) mass is 130 g/mol. The van der Waals surface area contributed by atoms with Crippen LogP contribution in [0.25, 0.3) is 0 Å². The Balaban J connectivity index is 3.61. The second-order valence-electron chi connectivity index (χ2n) is 0.796. The molecule has 0 saturated carbocycles. The molecule has 0 rings (SSSR count). The van der Waals surface area contributed by atoms with Gasteiger partial charge in [-0.25, -0.2) is 4.21 Å². The second kappa shape index (κ2) is 2.34. The van der Waals surface area contributed by atoms with E-state index in [1.165, 1.54) is 0 Å². The van der Waals surface area contributed by atoms with E-state index < -0.39 is 10.9 Å². The van der Waals surface area contributed by atoms with Gasteiger partial charge in [0, 0.05) is 0 Å². The molecule has 0 aromatic rings. The lowest BCUT2D eigenvalue weighted by Gasteiger charge is -2.07. The van der Waals surface area contributed by atoms with Crippen molar-refractivity contribution >= 4 is 10.9 Å². The van der Waals surface area contributed by atoms with Gasteiger partial charge in [0.15, 0.2) is 0 Å². The molecular formula is C2H7FO3S. The summed E-state index contributed by atoms with van der Waals surface area (Å²) < 4.78 is 29.0. The molecule has 0 aliphatic carbocycles. The molecule has 0 amide bonds.